The fraction of sp³-hybridized carbons (Fsp3) is 0.0435. The lowest BCUT2D eigenvalue weighted by molar-refractivity contribution is -0.122. The topological polar surface area (TPSA) is 99.8 Å². The Balaban J connectivity index is 1.69. The van der Waals surface area contributed by atoms with Crippen LogP contribution in [0.5, 0.6) is 0 Å². The predicted molar refractivity (Wildman–Crippen MR) is 123 cm³/mol. The number of nitrogens with one attached hydrogen (secondary N) is 1. The summed E-state index contributed by atoms with van der Waals surface area (Å²) in [5, 5.41) is 12.1. The second-order valence-corrected chi connectivity index (χ2v) is 7.72. The summed E-state index contributed by atoms with van der Waals surface area (Å²) in [5.41, 5.74) is 1.59. The van der Waals surface area contributed by atoms with Gasteiger partial charge in [-0.15, -0.1) is 0 Å². The van der Waals surface area contributed by atoms with Gasteiger partial charge in [-0.25, -0.2) is 4.79 Å². The fourth-order valence-electron chi connectivity index (χ4n) is 3.25. The monoisotopic (exact) mass is 466 g/mol. The lowest BCUT2D eigenvalue weighted by Crippen LogP contribution is -2.54. The molecular weight excluding hydrogens is 452 g/mol. The zero-order valence-corrected chi connectivity index (χ0v) is 18.2. The zero-order valence-electron chi connectivity index (χ0n) is 16.6. The van der Waals surface area contributed by atoms with Gasteiger partial charge in [0.25, 0.3) is 11.8 Å². The molecule has 1 fully saturated rings. The average molecular weight is 467 g/mol. The number of carboxylic acid groups (broad SMARTS) is 1. The third-order valence-corrected chi connectivity index (χ3v) is 5.58. The standard InChI is InChI=1S/C23H15ClN2O5S/c1-12-17(24)6-3-7-18(12)26-21(28)16(20(27)25-23(26)32)11-15-8-9-19(31-15)13-4-2-5-14(10-13)22(29)30/h2-11H,1H3,(H,29,30)(H,25,27,32)/b16-11-. The Labute approximate surface area is 192 Å². The van der Waals surface area contributed by atoms with Crippen molar-refractivity contribution in [2.45, 2.75) is 6.92 Å². The second kappa shape index (κ2) is 8.41. The van der Waals surface area contributed by atoms with Gasteiger partial charge in [0.15, 0.2) is 5.11 Å². The van der Waals surface area contributed by atoms with Crippen LogP contribution in [0.2, 0.25) is 5.02 Å². The summed E-state index contributed by atoms with van der Waals surface area (Å²) in [6.07, 6.45) is 1.32. The number of anilines is 1. The summed E-state index contributed by atoms with van der Waals surface area (Å²) in [6, 6.07) is 14.5. The quantitative estimate of drug-likeness (QED) is 0.335. The van der Waals surface area contributed by atoms with Crippen LogP contribution in [0, 0.1) is 6.92 Å². The zero-order chi connectivity index (χ0) is 23.0. The van der Waals surface area contributed by atoms with Crippen LogP contribution in [0.3, 0.4) is 0 Å². The van der Waals surface area contributed by atoms with Gasteiger partial charge >= 0.3 is 5.97 Å². The van der Waals surface area contributed by atoms with Crippen molar-refractivity contribution in [3.63, 3.8) is 0 Å². The Morgan fingerprint density at radius 1 is 1.16 bits per heavy atom. The van der Waals surface area contributed by atoms with Crippen molar-refractivity contribution in [1.82, 2.24) is 5.32 Å². The Kier molecular flexibility index (Phi) is 5.65. The van der Waals surface area contributed by atoms with Gasteiger partial charge in [-0.05, 0) is 67.2 Å². The smallest absolute Gasteiger partial charge is 0.335 e. The minimum absolute atomic E-state index is 0.0480. The summed E-state index contributed by atoms with van der Waals surface area (Å²) in [4.78, 5) is 38.1. The van der Waals surface area contributed by atoms with Crippen LogP contribution in [-0.4, -0.2) is 28.0 Å². The number of hydrogen-bond donors (Lipinski definition) is 2. The van der Waals surface area contributed by atoms with Gasteiger partial charge in [-0.1, -0.05) is 29.8 Å². The third-order valence-electron chi connectivity index (χ3n) is 4.89. The molecule has 7 nitrogen and oxygen atoms in total. The van der Waals surface area contributed by atoms with E-state index < -0.39 is 17.8 Å². The maximum atomic E-state index is 13.2. The van der Waals surface area contributed by atoms with Crippen LogP contribution in [-0.2, 0) is 9.59 Å². The highest BCUT2D eigenvalue weighted by Gasteiger charge is 2.35. The largest absolute Gasteiger partial charge is 0.478 e. The first kappa shape index (κ1) is 21.5. The average Bonchev–Trinajstić information content (AvgIpc) is 3.23. The number of benzene rings is 2. The van der Waals surface area contributed by atoms with Crippen molar-refractivity contribution in [1.29, 1.82) is 0 Å². The molecule has 3 aromatic rings. The van der Waals surface area contributed by atoms with E-state index in [0.717, 1.165) is 0 Å². The maximum Gasteiger partial charge on any atom is 0.335 e. The summed E-state index contributed by atoms with van der Waals surface area (Å²) < 4.78 is 5.74. The molecule has 2 heterocycles. The van der Waals surface area contributed by atoms with E-state index in [-0.39, 0.29) is 22.0 Å². The number of amides is 2. The van der Waals surface area contributed by atoms with Gasteiger partial charge in [0.2, 0.25) is 0 Å². The van der Waals surface area contributed by atoms with Gasteiger partial charge in [0, 0.05) is 10.6 Å². The van der Waals surface area contributed by atoms with Crippen molar-refractivity contribution < 1.29 is 23.9 Å². The number of aromatic carboxylic acids is 1. The summed E-state index contributed by atoms with van der Waals surface area (Å²) in [6.45, 7) is 1.75. The van der Waals surface area contributed by atoms with Crippen molar-refractivity contribution in [3.05, 3.63) is 82.1 Å². The molecule has 0 aliphatic carbocycles. The molecule has 0 unspecified atom stereocenters. The van der Waals surface area contributed by atoms with Gasteiger partial charge in [-0.3, -0.25) is 19.8 Å². The van der Waals surface area contributed by atoms with E-state index in [1.807, 2.05) is 0 Å². The van der Waals surface area contributed by atoms with Gasteiger partial charge in [0.1, 0.15) is 17.1 Å². The number of carbonyl (C=O) groups is 3. The van der Waals surface area contributed by atoms with E-state index >= 15 is 0 Å². The van der Waals surface area contributed by atoms with Crippen LogP contribution in [0.1, 0.15) is 21.7 Å². The Morgan fingerprint density at radius 3 is 2.66 bits per heavy atom. The number of halogens is 1. The van der Waals surface area contributed by atoms with Crippen LogP contribution < -0.4 is 10.2 Å². The second-order valence-electron chi connectivity index (χ2n) is 6.93. The van der Waals surface area contributed by atoms with E-state index in [1.54, 1.807) is 49.4 Å². The van der Waals surface area contributed by atoms with Crippen LogP contribution in [0.25, 0.3) is 17.4 Å². The highest BCUT2D eigenvalue weighted by molar-refractivity contribution is 7.80. The first-order chi connectivity index (χ1) is 15.3. The van der Waals surface area contributed by atoms with E-state index in [4.69, 9.17) is 33.3 Å². The number of furan rings is 1. The fourth-order valence-corrected chi connectivity index (χ4v) is 3.69. The molecule has 4 rings (SSSR count). The number of carbonyl (C=O) groups excluding carboxylic acids is 2. The van der Waals surface area contributed by atoms with Crippen molar-refractivity contribution in [2.75, 3.05) is 4.90 Å². The SMILES string of the molecule is Cc1c(Cl)cccc1N1C(=O)/C(=C\c2ccc(-c3cccc(C(=O)O)c3)o2)C(=O)NC1=S. The molecule has 2 amide bonds. The van der Waals surface area contributed by atoms with Crippen LogP contribution in [0.15, 0.2) is 64.6 Å². The normalized spacial score (nSPS) is 15.2. The van der Waals surface area contributed by atoms with Gasteiger partial charge in [-0.2, -0.15) is 0 Å². The molecule has 1 aliphatic rings. The molecule has 2 N–H and O–H groups in total. The molecule has 0 atom stereocenters. The number of carboxylic acids is 1. The van der Waals surface area contributed by atoms with Crippen molar-refractivity contribution >= 4 is 58.5 Å². The summed E-state index contributed by atoms with van der Waals surface area (Å²) >= 11 is 11.4. The minimum atomic E-state index is -1.06. The number of rotatable bonds is 4. The number of hydrogen-bond acceptors (Lipinski definition) is 5. The Bertz CT molecular complexity index is 1330. The number of nitrogens with zero attached hydrogens (tertiary/aromatic N) is 1. The third kappa shape index (κ3) is 3.93. The van der Waals surface area contributed by atoms with Crippen molar-refractivity contribution in [3.8, 4) is 11.3 Å². The first-order valence-electron chi connectivity index (χ1n) is 9.36. The predicted octanol–water partition coefficient (Wildman–Crippen LogP) is 4.44. The molecule has 2 aromatic carbocycles. The molecule has 1 aromatic heterocycles. The summed E-state index contributed by atoms with van der Waals surface area (Å²) in [7, 11) is 0. The molecule has 0 saturated carbocycles. The highest BCUT2D eigenvalue weighted by atomic mass is 35.5. The first-order valence-corrected chi connectivity index (χ1v) is 10.1. The Morgan fingerprint density at radius 2 is 1.91 bits per heavy atom. The molecule has 160 valence electrons. The lowest BCUT2D eigenvalue weighted by Gasteiger charge is -2.30. The maximum absolute atomic E-state index is 13.2. The molecular formula is C23H15ClN2O5S. The summed E-state index contributed by atoms with van der Waals surface area (Å²) in [5.74, 6) is -1.69. The van der Waals surface area contributed by atoms with Crippen molar-refractivity contribution in [2.24, 2.45) is 0 Å². The van der Waals surface area contributed by atoms with E-state index in [1.165, 1.54) is 23.1 Å². The van der Waals surface area contributed by atoms with Gasteiger partial charge < -0.3 is 9.52 Å². The van der Waals surface area contributed by atoms with E-state index in [9.17, 15) is 14.4 Å². The lowest BCUT2D eigenvalue weighted by atomic mass is 10.1. The molecule has 32 heavy (non-hydrogen) atoms. The minimum Gasteiger partial charge on any atom is -0.478 e. The molecule has 0 radical (unpaired) electrons. The van der Waals surface area contributed by atoms with Gasteiger partial charge in [0.05, 0.1) is 11.3 Å². The molecule has 0 bridgehead atoms. The van der Waals surface area contributed by atoms with Crippen LogP contribution in [0.4, 0.5) is 5.69 Å². The Hall–Kier alpha value is -3.75. The molecule has 1 saturated heterocycles. The highest BCUT2D eigenvalue weighted by Crippen LogP contribution is 2.30. The molecule has 9 heteroatoms. The van der Waals surface area contributed by atoms with Crippen LogP contribution >= 0.6 is 23.8 Å². The molecule has 1 aliphatic heterocycles. The van der Waals surface area contributed by atoms with E-state index in [0.29, 0.717) is 27.6 Å². The van der Waals surface area contributed by atoms with E-state index in [2.05, 4.69) is 5.32 Å². The number of thiocarbonyl (C=S) groups is 1. The molecule has 0 spiro atoms.